The molecule has 2 amide bonds. The maximum atomic E-state index is 15.1. The lowest BCUT2D eigenvalue weighted by Crippen LogP contribution is -2.44. The van der Waals surface area contributed by atoms with Crippen LogP contribution >= 0.6 is 11.8 Å². The number of carboxylic acids is 1. The Kier molecular flexibility index (Phi) is 16.2. The summed E-state index contributed by atoms with van der Waals surface area (Å²) < 4.78 is 36.9. The van der Waals surface area contributed by atoms with Gasteiger partial charge in [0.1, 0.15) is 11.6 Å². The molecule has 2 aromatic carbocycles. The van der Waals surface area contributed by atoms with Crippen molar-refractivity contribution in [2.75, 3.05) is 31.2 Å². The molecular weight excluding hydrogens is 689 g/mol. The molecule has 1 aromatic heterocycles. The minimum absolute atomic E-state index is 0.0749. The summed E-state index contributed by atoms with van der Waals surface area (Å²) in [4.78, 5) is 39.3. The van der Waals surface area contributed by atoms with Crippen LogP contribution in [0.4, 0.5) is 13.6 Å². The van der Waals surface area contributed by atoms with Crippen molar-refractivity contribution in [3.8, 4) is 11.1 Å². The number of rotatable bonds is 20. The van der Waals surface area contributed by atoms with Crippen LogP contribution in [0, 0.1) is 17.0 Å². The van der Waals surface area contributed by atoms with Gasteiger partial charge in [0, 0.05) is 57.1 Å². The Bertz CT molecular complexity index is 1570. The Morgan fingerprint density at radius 3 is 2.39 bits per heavy atom. The van der Waals surface area contributed by atoms with Gasteiger partial charge in [-0.1, -0.05) is 77.2 Å². The van der Waals surface area contributed by atoms with Crippen LogP contribution in [0.3, 0.4) is 0 Å². The van der Waals surface area contributed by atoms with Gasteiger partial charge >= 0.3 is 12.1 Å². The van der Waals surface area contributed by atoms with Crippen molar-refractivity contribution in [3.63, 3.8) is 0 Å². The maximum Gasteiger partial charge on any atom is 0.407 e. The Balaban J connectivity index is 1.92. The van der Waals surface area contributed by atoms with E-state index in [1.54, 1.807) is 0 Å². The molecule has 1 atom stereocenters. The van der Waals surface area contributed by atoms with Gasteiger partial charge in [0.15, 0.2) is 0 Å². The zero-order valence-corrected chi connectivity index (χ0v) is 32.8. The lowest BCUT2D eigenvalue weighted by molar-refractivity contribution is -0.137. The van der Waals surface area contributed by atoms with Gasteiger partial charge < -0.3 is 24.6 Å². The highest BCUT2D eigenvalue weighted by molar-refractivity contribution is 7.99. The van der Waals surface area contributed by atoms with E-state index in [9.17, 15) is 18.8 Å². The summed E-state index contributed by atoms with van der Waals surface area (Å²) >= 11 is 1.52. The number of thioether (sulfide) groups is 1. The van der Waals surface area contributed by atoms with Gasteiger partial charge in [-0.05, 0) is 66.3 Å². The third kappa shape index (κ3) is 14.5. The Hall–Kier alpha value is -3.64. The monoisotopic (exact) mass is 743 g/mol. The van der Waals surface area contributed by atoms with Crippen LogP contribution in [0.25, 0.3) is 11.1 Å². The number of alkyl carbamates (subject to hydrolysis) is 1. The van der Waals surface area contributed by atoms with Crippen LogP contribution in [0.15, 0.2) is 60.8 Å². The normalized spacial score (nSPS) is 12.4. The van der Waals surface area contributed by atoms with E-state index in [2.05, 4.69) is 45.7 Å². The molecule has 8 nitrogen and oxygen atoms in total. The van der Waals surface area contributed by atoms with Gasteiger partial charge in [0.2, 0.25) is 5.91 Å². The van der Waals surface area contributed by atoms with Crippen LogP contribution in [0.1, 0.15) is 70.2 Å². The molecule has 3 aromatic rings. The highest BCUT2D eigenvalue weighted by atomic mass is 32.2. The first-order valence-electron chi connectivity index (χ1n) is 17.7. The fraction of sp³-hybridized carbons (Fsp3) is 0.513. The second-order valence-corrected chi connectivity index (χ2v) is 22.0. The fourth-order valence-corrected chi connectivity index (χ4v) is 7.46. The minimum Gasteiger partial charge on any atom is -0.481 e. The quantitative estimate of drug-likeness (QED) is 0.0885. The Morgan fingerprint density at radius 2 is 1.73 bits per heavy atom. The summed E-state index contributed by atoms with van der Waals surface area (Å²) in [6.07, 6.45) is 4.14. The molecule has 0 aliphatic rings. The highest BCUT2D eigenvalue weighted by Crippen LogP contribution is 2.41. The fourth-order valence-electron chi connectivity index (χ4n) is 5.85. The van der Waals surface area contributed by atoms with Crippen molar-refractivity contribution in [1.29, 1.82) is 0 Å². The van der Waals surface area contributed by atoms with E-state index in [1.807, 2.05) is 52.1 Å². The second kappa shape index (κ2) is 19.8. The number of nitrogens with zero attached hydrogens (tertiary/aromatic N) is 2. The smallest absolute Gasteiger partial charge is 0.407 e. The molecule has 2 N–H and O–H groups in total. The van der Waals surface area contributed by atoms with Gasteiger partial charge in [0.05, 0.1) is 18.4 Å². The number of carbonyl (C=O) groups is 3. The molecule has 0 saturated heterocycles. The standard InChI is InChI=1S/C39H55F2N3O5SSi/c1-39(2,3)37(34-24-30(32-25-31(40)17-18-33(32)41)27-43(34)26-29-14-9-7-10-15-29)44(35(45)28-50-22-12-8-11-16-36(46)47)20-13-19-42-38(48)49-21-23-51(4,5)6/h7,9-10,14-15,17-18,24-25,27,37H,8,11-13,16,19-23,26,28H2,1-6H3,(H,42,48)(H,46,47)/t37-/m0/s1. The van der Waals surface area contributed by atoms with Gasteiger partial charge in [0.25, 0.3) is 0 Å². The van der Waals surface area contributed by atoms with Gasteiger partial charge in [-0.2, -0.15) is 11.8 Å². The number of amides is 2. The number of benzene rings is 2. The Morgan fingerprint density at radius 1 is 1.00 bits per heavy atom. The lowest BCUT2D eigenvalue weighted by atomic mass is 9.83. The second-order valence-electron chi connectivity index (χ2n) is 15.2. The van der Waals surface area contributed by atoms with Crippen molar-refractivity contribution in [2.24, 2.45) is 5.41 Å². The molecule has 51 heavy (non-hydrogen) atoms. The molecule has 0 fully saturated rings. The summed E-state index contributed by atoms with van der Waals surface area (Å²) in [5.41, 5.74) is 1.98. The highest BCUT2D eigenvalue weighted by Gasteiger charge is 2.37. The van der Waals surface area contributed by atoms with E-state index in [4.69, 9.17) is 9.84 Å². The first-order chi connectivity index (χ1) is 24.0. The van der Waals surface area contributed by atoms with Crippen LogP contribution in [0.2, 0.25) is 25.7 Å². The molecule has 0 bridgehead atoms. The molecular formula is C39H55F2N3O5SSi. The number of halogens is 2. The van der Waals surface area contributed by atoms with Crippen molar-refractivity contribution >= 4 is 37.8 Å². The maximum absolute atomic E-state index is 15.1. The van der Waals surface area contributed by atoms with E-state index in [1.165, 1.54) is 17.8 Å². The molecule has 0 radical (unpaired) electrons. The largest absolute Gasteiger partial charge is 0.481 e. The molecule has 3 rings (SSSR count). The zero-order valence-electron chi connectivity index (χ0n) is 31.0. The van der Waals surface area contributed by atoms with Crippen molar-refractivity contribution < 1.29 is 33.0 Å². The number of ether oxygens (including phenoxy) is 1. The number of unbranched alkanes of at least 4 members (excludes halogenated alkanes) is 2. The zero-order chi connectivity index (χ0) is 37.6. The molecule has 0 aliphatic heterocycles. The van der Waals surface area contributed by atoms with E-state index in [0.29, 0.717) is 44.6 Å². The average Bonchev–Trinajstić information content (AvgIpc) is 3.44. The Labute approximate surface area is 307 Å². The summed E-state index contributed by atoms with van der Waals surface area (Å²) in [5.74, 6) is -1.02. The number of nitrogens with one attached hydrogen (secondary N) is 1. The van der Waals surface area contributed by atoms with Crippen molar-refractivity contribution in [1.82, 2.24) is 14.8 Å². The molecule has 12 heteroatoms. The summed E-state index contributed by atoms with van der Waals surface area (Å²) in [5, 5.41) is 11.7. The van der Waals surface area contributed by atoms with E-state index in [-0.39, 0.29) is 23.6 Å². The van der Waals surface area contributed by atoms with Crippen LogP contribution in [-0.4, -0.2) is 71.8 Å². The van der Waals surface area contributed by atoms with Crippen LogP contribution in [0.5, 0.6) is 0 Å². The average molecular weight is 744 g/mol. The van der Waals surface area contributed by atoms with Crippen molar-refractivity contribution in [3.05, 3.63) is 83.7 Å². The number of aromatic nitrogens is 1. The number of carboxylic acid groups (broad SMARTS) is 1. The van der Waals surface area contributed by atoms with Gasteiger partial charge in [-0.15, -0.1) is 0 Å². The topological polar surface area (TPSA) is 101 Å². The number of hydrogen-bond acceptors (Lipinski definition) is 5. The van der Waals surface area contributed by atoms with Gasteiger partial charge in [-0.25, -0.2) is 13.6 Å². The lowest BCUT2D eigenvalue weighted by Gasteiger charge is -2.41. The molecule has 0 unspecified atom stereocenters. The summed E-state index contributed by atoms with van der Waals surface area (Å²) in [6.45, 7) is 14.3. The van der Waals surface area contributed by atoms with Gasteiger partial charge in [-0.3, -0.25) is 9.59 Å². The number of hydrogen-bond donors (Lipinski definition) is 2. The SMILES string of the molecule is CC(C)(C)[C@H](c1cc(-c2cc(F)ccc2F)cn1Cc1ccccc1)N(CCCNC(=O)OCC[Si](C)(C)C)C(=O)CSCCCCCC(=O)O. The first kappa shape index (κ1) is 41.8. The predicted molar refractivity (Wildman–Crippen MR) is 205 cm³/mol. The number of aliphatic carboxylic acids is 1. The third-order valence-corrected chi connectivity index (χ3v) is 11.2. The third-order valence-electron chi connectivity index (χ3n) is 8.43. The minimum atomic E-state index is -1.35. The van der Waals surface area contributed by atoms with E-state index < -0.39 is 43.2 Å². The summed E-state index contributed by atoms with van der Waals surface area (Å²) in [6, 6.07) is 15.5. The van der Waals surface area contributed by atoms with E-state index in [0.717, 1.165) is 48.0 Å². The van der Waals surface area contributed by atoms with Crippen LogP contribution < -0.4 is 5.32 Å². The van der Waals surface area contributed by atoms with E-state index >= 15 is 4.39 Å². The molecule has 0 aliphatic carbocycles. The summed E-state index contributed by atoms with van der Waals surface area (Å²) in [7, 11) is -1.35. The van der Waals surface area contributed by atoms with Crippen molar-refractivity contribution in [2.45, 2.75) is 91.1 Å². The number of carbonyl (C=O) groups excluding carboxylic acids is 2. The molecule has 0 saturated carbocycles. The molecule has 1 heterocycles. The van der Waals surface area contributed by atoms with Crippen LogP contribution in [-0.2, 0) is 20.9 Å². The first-order valence-corrected chi connectivity index (χ1v) is 22.6. The molecule has 280 valence electrons. The predicted octanol–water partition coefficient (Wildman–Crippen LogP) is 9.23. The molecule has 0 spiro atoms.